The Morgan fingerprint density at radius 3 is 2.56 bits per heavy atom. The summed E-state index contributed by atoms with van der Waals surface area (Å²) in [6.07, 6.45) is 4.40. The molecule has 0 aromatic carbocycles. The van der Waals surface area contributed by atoms with Gasteiger partial charge in [0.2, 0.25) is 0 Å². The van der Waals surface area contributed by atoms with Gasteiger partial charge in [0, 0.05) is 24.7 Å². The molecule has 3 nitrogen and oxygen atoms in total. The van der Waals surface area contributed by atoms with Gasteiger partial charge in [-0.05, 0) is 24.7 Å². The van der Waals surface area contributed by atoms with Crippen LogP contribution in [0.4, 0.5) is 5.82 Å². The number of aryl methyl sites for hydroxylation is 1. The van der Waals surface area contributed by atoms with Crippen LogP contribution in [-0.4, -0.2) is 17.0 Å². The Balaban J connectivity index is 2.35. The largest absolute Gasteiger partial charge is 0.373 e. The summed E-state index contributed by atoms with van der Waals surface area (Å²) in [5, 5.41) is 3.20. The van der Waals surface area contributed by atoms with Crippen molar-refractivity contribution in [1.29, 1.82) is 0 Å². The van der Waals surface area contributed by atoms with Gasteiger partial charge in [0.15, 0.2) is 0 Å². The number of anilines is 1. The summed E-state index contributed by atoms with van der Waals surface area (Å²) >= 11 is 0. The molecule has 0 aliphatic heterocycles. The van der Waals surface area contributed by atoms with Gasteiger partial charge in [0.1, 0.15) is 11.6 Å². The van der Waals surface area contributed by atoms with Crippen molar-refractivity contribution in [2.24, 2.45) is 5.41 Å². The molecular weight excluding hydrogens is 198 g/mol. The molecule has 3 heteroatoms. The fourth-order valence-corrected chi connectivity index (χ4v) is 2.24. The summed E-state index contributed by atoms with van der Waals surface area (Å²) in [6.45, 7) is 6.67. The van der Waals surface area contributed by atoms with Gasteiger partial charge in [0.05, 0.1) is 0 Å². The summed E-state index contributed by atoms with van der Waals surface area (Å²) in [6, 6.07) is 0. The van der Waals surface area contributed by atoms with Crippen LogP contribution in [0, 0.1) is 5.41 Å². The molecule has 0 atom stereocenters. The lowest BCUT2D eigenvalue weighted by Crippen LogP contribution is -2.14. The van der Waals surface area contributed by atoms with Gasteiger partial charge >= 0.3 is 0 Å². The first-order chi connectivity index (χ1) is 7.49. The first kappa shape index (κ1) is 11.4. The number of aromatic nitrogens is 2. The Labute approximate surface area is 97.7 Å². The molecule has 1 heterocycles. The van der Waals surface area contributed by atoms with Gasteiger partial charge in [-0.3, -0.25) is 0 Å². The molecule has 1 aromatic rings. The quantitative estimate of drug-likeness (QED) is 0.830. The van der Waals surface area contributed by atoms with Crippen molar-refractivity contribution in [3.05, 3.63) is 17.1 Å². The number of fused-ring (bicyclic) bond motifs is 1. The molecule has 1 aliphatic carbocycles. The Morgan fingerprint density at radius 2 is 1.94 bits per heavy atom. The van der Waals surface area contributed by atoms with Crippen molar-refractivity contribution < 1.29 is 0 Å². The minimum Gasteiger partial charge on any atom is -0.373 e. The monoisotopic (exact) mass is 219 g/mol. The van der Waals surface area contributed by atoms with Gasteiger partial charge in [-0.1, -0.05) is 20.8 Å². The zero-order valence-electron chi connectivity index (χ0n) is 10.7. The Bertz CT molecular complexity index is 391. The first-order valence-corrected chi connectivity index (χ1v) is 6.06. The van der Waals surface area contributed by atoms with Crippen molar-refractivity contribution in [1.82, 2.24) is 9.97 Å². The van der Waals surface area contributed by atoms with E-state index in [1.807, 2.05) is 7.05 Å². The van der Waals surface area contributed by atoms with E-state index in [4.69, 9.17) is 4.98 Å². The predicted molar refractivity (Wildman–Crippen MR) is 66.8 cm³/mol. The molecule has 0 amide bonds. The second-order valence-corrected chi connectivity index (χ2v) is 5.75. The third-order valence-electron chi connectivity index (χ3n) is 2.90. The Morgan fingerprint density at radius 1 is 1.19 bits per heavy atom. The van der Waals surface area contributed by atoms with E-state index in [0.717, 1.165) is 30.9 Å². The zero-order chi connectivity index (χ0) is 11.8. The highest BCUT2D eigenvalue weighted by Gasteiger charge is 2.21. The summed E-state index contributed by atoms with van der Waals surface area (Å²) in [7, 11) is 1.95. The third kappa shape index (κ3) is 2.34. The van der Waals surface area contributed by atoms with Gasteiger partial charge in [0.25, 0.3) is 0 Å². The van der Waals surface area contributed by atoms with Crippen LogP contribution in [0.1, 0.15) is 44.3 Å². The molecule has 0 bridgehead atoms. The highest BCUT2D eigenvalue weighted by molar-refractivity contribution is 5.48. The van der Waals surface area contributed by atoms with Crippen LogP contribution < -0.4 is 5.32 Å². The summed E-state index contributed by atoms with van der Waals surface area (Å²) in [5.74, 6) is 2.03. The van der Waals surface area contributed by atoms with Crippen LogP contribution >= 0.6 is 0 Å². The molecule has 1 aliphatic rings. The summed E-state index contributed by atoms with van der Waals surface area (Å²) < 4.78 is 0. The van der Waals surface area contributed by atoms with Crippen molar-refractivity contribution >= 4 is 5.82 Å². The zero-order valence-corrected chi connectivity index (χ0v) is 10.7. The molecule has 88 valence electrons. The van der Waals surface area contributed by atoms with E-state index in [-0.39, 0.29) is 5.41 Å². The van der Waals surface area contributed by atoms with Crippen molar-refractivity contribution in [2.45, 2.75) is 46.5 Å². The second-order valence-electron chi connectivity index (χ2n) is 5.75. The molecule has 0 radical (unpaired) electrons. The number of hydrogen-bond acceptors (Lipinski definition) is 3. The second kappa shape index (κ2) is 4.04. The van der Waals surface area contributed by atoms with Crippen LogP contribution in [-0.2, 0) is 19.3 Å². The van der Waals surface area contributed by atoms with Crippen LogP contribution in [0.3, 0.4) is 0 Å². The number of rotatable bonds is 2. The van der Waals surface area contributed by atoms with Crippen molar-refractivity contribution in [2.75, 3.05) is 12.4 Å². The fraction of sp³-hybridized carbons (Fsp3) is 0.692. The van der Waals surface area contributed by atoms with E-state index < -0.39 is 0 Å². The van der Waals surface area contributed by atoms with E-state index in [2.05, 4.69) is 31.1 Å². The molecule has 1 N–H and O–H groups in total. The average molecular weight is 219 g/mol. The molecule has 0 fully saturated rings. The maximum Gasteiger partial charge on any atom is 0.132 e. The third-order valence-corrected chi connectivity index (χ3v) is 2.90. The predicted octanol–water partition coefficient (Wildman–Crippen LogP) is 2.60. The number of nitrogens with zero attached hydrogens (tertiary/aromatic N) is 2. The normalized spacial score (nSPS) is 15.0. The van der Waals surface area contributed by atoms with Gasteiger partial charge < -0.3 is 5.32 Å². The maximum absolute atomic E-state index is 4.70. The van der Waals surface area contributed by atoms with E-state index in [9.17, 15) is 0 Å². The molecule has 0 saturated carbocycles. The molecule has 0 unspecified atom stereocenters. The van der Waals surface area contributed by atoms with E-state index in [0.29, 0.717) is 0 Å². The smallest absolute Gasteiger partial charge is 0.132 e. The van der Waals surface area contributed by atoms with E-state index in [1.165, 1.54) is 17.7 Å². The summed E-state index contributed by atoms with van der Waals surface area (Å²) in [5.41, 5.74) is 2.84. The fourth-order valence-electron chi connectivity index (χ4n) is 2.24. The standard InChI is InChI=1S/C13H21N3/c1-13(2,3)8-11-15-10-7-5-6-9(10)12(14-4)16-11/h5-8H2,1-4H3,(H,14,15,16). The first-order valence-electron chi connectivity index (χ1n) is 6.06. The lowest BCUT2D eigenvalue weighted by atomic mass is 9.92. The number of hydrogen-bond donors (Lipinski definition) is 1. The van der Waals surface area contributed by atoms with Crippen LogP contribution in [0.2, 0.25) is 0 Å². The molecule has 0 spiro atoms. The van der Waals surface area contributed by atoms with Crippen LogP contribution in [0.25, 0.3) is 0 Å². The lowest BCUT2D eigenvalue weighted by molar-refractivity contribution is 0.400. The van der Waals surface area contributed by atoms with Gasteiger partial charge in [-0.15, -0.1) is 0 Å². The SMILES string of the molecule is CNc1nc(CC(C)(C)C)nc2c1CCC2. The Hall–Kier alpha value is -1.12. The van der Waals surface area contributed by atoms with Crippen molar-refractivity contribution in [3.63, 3.8) is 0 Å². The highest BCUT2D eigenvalue weighted by Crippen LogP contribution is 2.27. The molecular formula is C13H21N3. The average Bonchev–Trinajstić information content (AvgIpc) is 2.61. The maximum atomic E-state index is 4.70. The highest BCUT2D eigenvalue weighted by atomic mass is 15.0. The summed E-state index contributed by atoms with van der Waals surface area (Å²) in [4.78, 5) is 9.32. The van der Waals surface area contributed by atoms with Gasteiger partial charge in [-0.2, -0.15) is 0 Å². The molecule has 16 heavy (non-hydrogen) atoms. The topological polar surface area (TPSA) is 37.8 Å². The van der Waals surface area contributed by atoms with E-state index >= 15 is 0 Å². The van der Waals surface area contributed by atoms with Gasteiger partial charge in [-0.25, -0.2) is 9.97 Å². The van der Waals surface area contributed by atoms with Crippen LogP contribution in [0.15, 0.2) is 0 Å². The van der Waals surface area contributed by atoms with E-state index in [1.54, 1.807) is 0 Å². The molecule has 2 rings (SSSR count). The molecule has 0 saturated heterocycles. The minimum absolute atomic E-state index is 0.248. The van der Waals surface area contributed by atoms with Crippen LogP contribution in [0.5, 0.6) is 0 Å². The molecule has 1 aromatic heterocycles. The number of nitrogens with one attached hydrogen (secondary N) is 1. The lowest BCUT2D eigenvalue weighted by Gasteiger charge is -2.18. The minimum atomic E-state index is 0.248. The Kier molecular flexibility index (Phi) is 2.87. The van der Waals surface area contributed by atoms with Crippen molar-refractivity contribution in [3.8, 4) is 0 Å².